The molecule has 1 aromatic carbocycles. The van der Waals surface area contributed by atoms with Crippen molar-refractivity contribution in [2.24, 2.45) is 5.92 Å². The Morgan fingerprint density at radius 1 is 1.50 bits per heavy atom. The second-order valence-corrected chi connectivity index (χ2v) is 5.30. The molecule has 0 aromatic heterocycles. The average molecular weight is 281 g/mol. The van der Waals surface area contributed by atoms with Gasteiger partial charge < -0.3 is 14.8 Å². The number of halogens is 1. The molecule has 1 N–H and O–H groups in total. The minimum atomic E-state index is -0.221. The van der Waals surface area contributed by atoms with Crippen LogP contribution in [0.25, 0.3) is 0 Å². The summed E-state index contributed by atoms with van der Waals surface area (Å²) in [7, 11) is 1.63. The maximum absolute atomic E-state index is 13.6. The van der Waals surface area contributed by atoms with E-state index in [1.54, 1.807) is 19.2 Å². The Kier molecular flexibility index (Phi) is 5.80. The quantitative estimate of drug-likeness (QED) is 0.868. The highest BCUT2D eigenvalue weighted by atomic mass is 19.1. The van der Waals surface area contributed by atoms with Crippen LogP contribution in [-0.4, -0.2) is 26.9 Å². The van der Waals surface area contributed by atoms with E-state index < -0.39 is 0 Å². The summed E-state index contributed by atoms with van der Waals surface area (Å²) in [6, 6.07) is 4.81. The van der Waals surface area contributed by atoms with E-state index in [1.807, 2.05) is 0 Å². The zero-order valence-electron chi connectivity index (χ0n) is 12.3. The van der Waals surface area contributed by atoms with Gasteiger partial charge in [-0.1, -0.05) is 6.92 Å². The molecule has 1 saturated heterocycles. The minimum Gasteiger partial charge on any atom is -0.496 e. The smallest absolute Gasteiger partial charge is 0.123 e. The largest absolute Gasteiger partial charge is 0.496 e. The monoisotopic (exact) mass is 281 g/mol. The van der Waals surface area contributed by atoms with Gasteiger partial charge in [0.25, 0.3) is 0 Å². The van der Waals surface area contributed by atoms with Crippen molar-refractivity contribution in [3.05, 3.63) is 29.6 Å². The Bertz CT molecular complexity index is 419. The fraction of sp³-hybridized carbons (Fsp3) is 0.625. The van der Waals surface area contributed by atoms with Gasteiger partial charge in [-0.3, -0.25) is 0 Å². The van der Waals surface area contributed by atoms with Crippen LogP contribution in [0.5, 0.6) is 5.75 Å². The number of hydrogen-bond donors (Lipinski definition) is 1. The van der Waals surface area contributed by atoms with Crippen LogP contribution in [0.1, 0.15) is 37.8 Å². The van der Waals surface area contributed by atoms with Gasteiger partial charge in [-0.05, 0) is 44.0 Å². The molecule has 0 spiro atoms. The van der Waals surface area contributed by atoms with Crippen molar-refractivity contribution in [3.8, 4) is 5.75 Å². The fourth-order valence-corrected chi connectivity index (χ4v) is 2.81. The van der Waals surface area contributed by atoms with Crippen LogP contribution < -0.4 is 10.1 Å². The van der Waals surface area contributed by atoms with E-state index in [2.05, 4.69) is 12.2 Å². The van der Waals surface area contributed by atoms with Crippen molar-refractivity contribution in [3.63, 3.8) is 0 Å². The van der Waals surface area contributed by atoms with Crippen molar-refractivity contribution < 1.29 is 13.9 Å². The summed E-state index contributed by atoms with van der Waals surface area (Å²) in [4.78, 5) is 0. The summed E-state index contributed by atoms with van der Waals surface area (Å²) < 4.78 is 24.6. The molecule has 1 aliphatic rings. The first-order chi connectivity index (χ1) is 9.76. The maximum Gasteiger partial charge on any atom is 0.123 e. The van der Waals surface area contributed by atoms with E-state index in [0.29, 0.717) is 5.92 Å². The first-order valence-corrected chi connectivity index (χ1v) is 7.40. The SMILES string of the molecule is CCCNC(c1cc(F)ccc1OC)C1CCCOC1. The minimum absolute atomic E-state index is 0.0842. The van der Waals surface area contributed by atoms with Crippen LogP contribution in [0.2, 0.25) is 0 Å². The Balaban J connectivity index is 2.26. The number of hydrogen-bond acceptors (Lipinski definition) is 3. The normalized spacial score (nSPS) is 20.6. The summed E-state index contributed by atoms with van der Waals surface area (Å²) in [5.41, 5.74) is 0.899. The predicted octanol–water partition coefficient (Wildman–Crippen LogP) is 3.30. The van der Waals surface area contributed by atoms with E-state index in [1.165, 1.54) is 6.07 Å². The number of ether oxygens (including phenoxy) is 2. The Morgan fingerprint density at radius 3 is 3.00 bits per heavy atom. The first kappa shape index (κ1) is 15.3. The summed E-state index contributed by atoms with van der Waals surface area (Å²) in [5.74, 6) is 0.886. The van der Waals surface area contributed by atoms with Gasteiger partial charge in [0.15, 0.2) is 0 Å². The van der Waals surface area contributed by atoms with Gasteiger partial charge in [-0.2, -0.15) is 0 Å². The summed E-state index contributed by atoms with van der Waals surface area (Å²) in [6.45, 7) is 4.59. The van der Waals surface area contributed by atoms with E-state index in [9.17, 15) is 4.39 Å². The lowest BCUT2D eigenvalue weighted by molar-refractivity contribution is 0.0386. The third-order valence-electron chi connectivity index (χ3n) is 3.81. The van der Waals surface area contributed by atoms with Gasteiger partial charge in [0, 0.05) is 24.1 Å². The highest BCUT2D eigenvalue weighted by Gasteiger charge is 2.27. The van der Waals surface area contributed by atoms with E-state index >= 15 is 0 Å². The summed E-state index contributed by atoms with van der Waals surface area (Å²) in [5, 5.41) is 3.53. The molecule has 2 unspecified atom stereocenters. The van der Waals surface area contributed by atoms with Crippen molar-refractivity contribution in [1.29, 1.82) is 0 Å². The number of rotatable bonds is 6. The molecule has 0 radical (unpaired) electrons. The maximum atomic E-state index is 13.6. The number of methoxy groups -OCH3 is 1. The standard InChI is InChI=1S/C16H24FNO2/c1-3-8-18-16(12-5-4-9-20-11-12)14-10-13(17)6-7-15(14)19-2/h6-7,10,12,16,18H,3-5,8-9,11H2,1-2H3. The van der Waals surface area contributed by atoms with Gasteiger partial charge >= 0.3 is 0 Å². The molecule has 1 heterocycles. The Labute approximate surface area is 120 Å². The summed E-state index contributed by atoms with van der Waals surface area (Å²) in [6.07, 6.45) is 3.20. The molecule has 20 heavy (non-hydrogen) atoms. The van der Waals surface area contributed by atoms with Crippen LogP contribution >= 0.6 is 0 Å². The third kappa shape index (κ3) is 3.70. The molecular formula is C16H24FNO2. The molecule has 1 aromatic rings. The van der Waals surface area contributed by atoms with Gasteiger partial charge in [0.05, 0.1) is 13.7 Å². The molecule has 2 rings (SSSR count). The van der Waals surface area contributed by atoms with E-state index in [4.69, 9.17) is 9.47 Å². The Hall–Kier alpha value is -1.13. The lowest BCUT2D eigenvalue weighted by atomic mass is 9.88. The lowest BCUT2D eigenvalue weighted by Crippen LogP contribution is -2.34. The molecule has 112 valence electrons. The zero-order chi connectivity index (χ0) is 14.4. The molecule has 2 atom stereocenters. The molecule has 0 saturated carbocycles. The molecule has 0 aliphatic carbocycles. The van der Waals surface area contributed by atoms with Crippen molar-refractivity contribution in [2.75, 3.05) is 26.9 Å². The van der Waals surface area contributed by atoms with Gasteiger partial charge in [0.1, 0.15) is 11.6 Å². The molecule has 1 aliphatic heterocycles. The van der Waals surface area contributed by atoms with E-state index in [0.717, 1.165) is 50.3 Å². The highest BCUT2D eigenvalue weighted by Crippen LogP contribution is 2.34. The van der Waals surface area contributed by atoms with Gasteiger partial charge in [-0.15, -0.1) is 0 Å². The first-order valence-electron chi connectivity index (χ1n) is 7.40. The predicted molar refractivity (Wildman–Crippen MR) is 77.5 cm³/mol. The molecule has 3 nitrogen and oxygen atoms in total. The molecule has 4 heteroatoms. The van der Waals surface area contributed by atoms with Crippen molar-refractivity contribution >= 4 is 0 Å². The fourth-order valence-electron chi connectivity index (χ4n) is 2.81. The topological polar surface area (TPSA) is 30.5 Å². The van der Waals surface area contributed by atoms with Crippen molar-refractivity contribution in [2.45, 2.75) is 32.2 Å². The van der Waals surface area contributed by atoms with Crippen LogP contribution in [0.3, 0.4) is 0 Å². The van der Waals surface area contributed by atoms with Crippen LogP contribution in [0.4, 0.5) is 4.39 Å². The van der Waals surface area contributed by atoms with Gasteiger partial charge in [0.2, 0.25) is 0 Å². The average Bonchev–Trinajstić information content (AvgIpc) is 2.49. The Morgan fingerprint density at radius 2 is 2.35 bits per heavy atom. The van der Waals surface area contributed by atoms with Crippen LogP contribution in [0.15, 0.2) is 18.2 Å². The number of nitrogens with one attached hydrogen (secondary N) is 1. The van der Waals surface area contributed by atoms with Crippen molar-refractivity contribution in [1.82, 2.24) is 5.32 Å². The lowest BCUT2D eigenvalue weighted by Gasteiger charge is -2.32. The number of benzene rings is 1. The summed E-state index contributed by atoms with van der Waals surface area (Å²) >= 11 is 0. The second kappa shape index (κ2) is 7.60. The molecule has 1 fully saturated rings. The third-order valence-corrected chi connectivity index (χ3v) is 3.81. The second-order valence-electron chi connectivity index (χ2n) is 5.30. The van der Waals surface area contributed by atoms with Crippen LogP contribution in [-0.2, 0) is 4.74 Å². The molecule has 0 bridgehead atoms. The highest BCUT2D eigenvalue weighted by molar-refractivity contribution is 5.37. The zero-order valence-corrected chi connectivity index (χ0v) is 12.3. The van der Waals surface area contributed by atoms with Gasteiger partial charge in [-0.25, -0.2) is 4.39 Å². The molecule has 0 amide bonds. The van der Waals surface area contributed by atoms with E-state index in [-0.39, 0.29) is 11.9 Å². The van der Waals surface area contributed by atoms with Crippen LogP contribution in [0, 0.1) is 11.7 Å². The molecular weight excluding hydrogens is 257 g/mol.